The number of hydrogen-bond donors (Lipinski definition) is 2. The van der Waals surface area contributed by atoms with Crippen LogP contribution in [0.3, 0.4) is 0 Å². The predicted molar refractivity (Wildman–Crippen MR) is 89.4 cm³/mol. The van der Waals surface area contributed by atoms with Gasteiger partial charge in [-0.1, -0.05) is 0 Å². The normalized spacial score (nSPS) is 21.8. The number of aliphatic hydroxyl groups excluding tert-OH is 1. The van der Waals surface area contributed by atoms with E-state index in [1.165, 1.54) is 12.8 Å². The van der Waals surface area contributed by atoms with Crippen molar-refractivity contribution in [2.75, 3.05) is 44.8 Å². The third kappa shape index (κ3) is 8.07. The van der Waals surface area contributed by atoms with E-state index in [4.69, 9.17) is 9.90 Å². The number of amides is 1. The lowest BCUT2D eigenvalue weighted by atomic mass is 10.1. The van der Waals surface area contributed by atoms with Crippen molar-refractivity contribution in [2.45, 2.75) is 31.7 Å². The molecule has 1 saturated carbocycles. The number of aliphatic hydroxyl groups is 1. The lowest BCUT2D eigenvalue weighted by Gasteiger charge is -2.41. The molecule has 1 heterocycles. The van der Waals surface area contributed by atoms with E-state index < -0.39 is 9.84 Å². The van der Waals surface area contributed by atoms with E-state index in [0.717, 1.165) is 25.3 Å². The first-order valence-corrected chi connectivity index (χ1v) is 10.2. The number of carbonyl (C=O) groups is 2. The van der Waals surface area contributed by atoms with Gasteiger partial charge in [-0.05, 0) is 25.2 Å². The van der Waals surface area contributed by atoms with Crippen LogP contribution in [0.5, 0.6) is 0 Å². The fourth-order valence-electron chi connectivity index (χ4n) is 2.85. The minimum atomic E-state index is -3.10. The van der Waals surface area contributed by atoms with Crippen molar-refractivity contribution < 1.29 is 28.2 Å². The highest BCUT2D eigenvalue weighted by molar-refractivity contribution is 7.90. The summed E-state index contributed by atoms with van der Waals surface area (Å²) in [4.78, 5) is 24.6. The third-order valence-electron chi connectivity index (χ3n) is 4.30. The Hall–Kier alpha value is -1.19. The van der Waals surface area contributed by atoms with Crippen LogP contribution in [-0.2, 0) is 19.4 Å². The first-order valence-electron chi connectivity index (χ1n) is 8.19. The van der Waals surface area contributed by atoms with E-state index in [1.807, 2.05) is 0 Å². The molecule has 0 aromatic heterocycles. The summed E-state index contributed by atoms with van der Waals surface area (Å²) in [5, 5.41) is 16.1. The number of hydrogen-bond acceptors (Lipinski definition) is 6. The number of sulfone groups is 1. The Balaban J connectivity index is 0.000000891. The molecule has 9 heteroatoms. The molecule has 0 aromatic rings. The van der Waals surface area contributed by atoms with Crippen LogP contribution in [0.2, 0.25) is 0 Å². The molecule has 1 atom stereocenters. The fraction of sp³-hybridized carbons (Fsp3) is 0.867. The molecule has 2 N–H and O–H groups in total. The summed E-state index contributed by atoms with van der Waals surface area (Å²) in [6.07, 6.45) is 4.47. The van der Waals surface area contributed by atoms with Gasteiger partial charge in [-0.25, -0.2) is 8.42 Å². The van der Waals surface area contributed by atoms with Crippen molar-refractivity contribution in [3.8, 4) is 0 Å². The lowest BCUT2D eigenvalue weighted by Crippen LogP contribution is -2.55. The quantitative estimate of drug-likeness (QED) is 0.581. The van der Waals surface area contributed by atoms with E-state index in [-0.39, 0.29) is 37.2 Å². The average Bonchev–Trinajstić information content (AvgIpc) is 3.31. The van der Waals surface area contributed by atoms with Gasteiger partial charge in [0.2, 0.25) is 5.91 Å². The standard InChI is InChI=1S/C14H26N2O4S.CH2O2/c1-21(19,20)9-5-14(18)16-7-6-15(10-12-2-3-12)13(11-16)4-8-17;2-1-3/h12-13,17H,2-11H2,1H3;1H,(H,2,3). The molecule has 1 aliphatic heterocycles. The highest BCUT2D eigenvalue weighted by atomic mass is 32.2. The van der Waals surface area contributed by atoms with E-state index in [2.05, 4.69) is 4.90 Å². The number of rotatable bonds is 7. The zero-order valence-corrected chi connectivity index (χ0v) is 14.9. The van der Waals surface area contributed by atoms with Gasteiger partial charge in [0.25, 0.3) is 6.47 Å². The third-order valence-corrected chi connectivity index (χ3v) is 5.24. The Labute approximate surface area is 143 Å². The molecule has 24 heavy (non-hydrogen) atoms. The molecular weight excluding hydrogens is 336 g/mol. The second-order valence-corrected chi connectivity index (χ2v) is 8.69. The Morgan fingerprint density at radius 2 is 1.92 bits per heavy atom. The molecule has 2 fully saturated rings. The molecule has 8 nitrogen and oxygen atoms in total. The van der Waals surface area contributed by atoms with Crippen molar-refractivity contribution in [1.29, 1.82) is 0 Å². The van der Waals surface area contributed by atoms with E-state index >= 15 is 0 Å². The van der Waals surface area contributed by atoms with E-state index in [0.29, 0.717) is 19.5 Å². The fourth-order valence-corrected chi connectivity index (χ4v) is 3.39. The molecule has 1 amide bonds. The summed E-state index contributed by atoms with van der Waals surface area (Å²) >= 11 is 0. The van der Waals surface area contributed by atoms with Crippen LogP contribution in [0.4, 0.5) is 0 Å². The maximum Gasteiger partial charge on any atom is 0.290 e. The number of nitrogens with zero attached hydrogens (tertiary/aromatic N) is 2. The number of carboxylic acid groups (broad SMARTS) is 1. The monoisotopic (exact) mass is 364 g/mol. The van der Waals surface area contributed by atoms with Gasteiger partial charge in [0.15, 0.2) is 0 Å². The van der Waals surface area contributed by atoms with Gasteiger partial charge in [0.05, 0.1) is 5.75 Å². The van der Waals surface area contributed by atoms with Crippen LogP contribution in [0.25, 0.3) is 0 Å². The molecular formula is C15H28N2O6S. The van der Waals surface area contributed by atoms with Crippen LogP contribution < -0.4 is 0 Å². The molecule has 1 saturated heterocycles. The van der Waals surface area contributed by atoms with Crippen molar-refractivity contribution >= 4 is 22.2 Å². The SMILES string of the molecule is CS(=O)(=O)CCC(=O)N1CCN(CC2CC2)C(CCO)C1.O=CO. The zero-order chi connectivity index (χ0) is 18.2. The molecule has 0 bridgehead atoms. The molecule has 140 valence electrons. The first-order chi connectivity index (χ1) is 11.3. The summed E-state index contributed by atoms with van der Waals surface area (Å²) in [5.41, 5.74) is 0. The van der Waals surface area contributed by atoms with Gasteiger partial charge >= 0.3 is 0 Å². The van der Waals surface area contributed by atoms with Crippen LogP contribution in [0.1, 0.15) is 25.7 Å². The molecule has 2 aliphatic rings. The van der Waals surface area contributed by atoms with Crippen LogP contribution >= 0.6 is 0 Å². The maximum absolute atomic E-state index is 12.1. The van der Waals surface area contributed by atoms with Gasteiger partial charge in [-0.2, -0.15) is 0 Å². The first kappa shape index (κ1) is 20.9. The Kier molecular flexibility index (Phi) is 8.65. The molecule has 0 spiro atoms. The van der Waals surface area contributed by atoms with Crippen LogP contribution in [-0.4, -0.2) is 91.6 Å². The second-order valence-electron chi connectivity index (χ2n) is 6.43. The minimum Gasteiger partial charge on any atom is -0.483 e. The maximum atomic E-state index is 12.1. The largest absolute Gasteiger partial charge is 0.483 e. The van der Waals surface area contributed by atoms with E-state index in [1.54, 1.807) is 4.90 Å². The predicted octanol–water partition coefficient (Wildman–Crippen LogP) is -0.573. The van der Waals surface area contributed by atoms with Gasteiger partial charge in [-0.15, -0.1) is 0 Å². The molecule has 1 aliphatic carbocycles. The van der Waals surface area contributed by atoms with Crippen LogP contribution in [0, 0.1) is 5.92 Å². The number of piperazine rings is 1. The summed E-state index contributed by atoms with van der Waals surface area (Å²) in [5.74, 6) is 0.617. The lowest BCUT2D eigenvalue weighted by molar-refractivity contribution is -0.134. The van der Waals surface area contributed by atoms with E-state index in [9.17, 15) is 18.3 Å². The topological polar surface area (TPSA) is 115 Å². The smallest absolute Gasteiger partial charge is 0.290 e. The Bertz CT molecular complexity index is 506. The molecule has 0 radical (unpaired) electrons. The summed E-state index contributed by atoms with van der Waals surface area (Å²) < 4.78 is 22.3. The van der Waals surface area contributed by atoms with Gasteiger partial charge in [0.1, 0.15) is 9.84 Å². The average molecular weight is 364 g/mol. The number of carbonyl (C=O) groups excluding carboxylic acids is 1. The summed E-state index contributed by atoms with van der Waals surface area (Å²) in [6, 6.07) is 0.200. The molecule has 0 aromatic carbocycles. The Morgan fingerprint density at radius 1 is 1.29 bits per heavy atom. The van der Waals surface area contributed by atoms with Gasteiger partial charge in [0, 0.05) is 51.5 Å². The summed E-state index contributed by atoms with van der Waals surface area (Å²) in [6.45, 7) is 3.03. The second kappa shape index (κ2) is 9.95. The Morgan fingerprint density at radius 3 is 2.42 bits per heavy atom. The highest BCUT2D eigenvalue weighted by Gasteiger charge is 2.33. The van der Waals surface area contributed by atoms with Crippen molar-refractivity contribution in [1.82, 2.24) is 9.80 Å². The molecule has 1 unspecified atom stereocenters. The zero-order valence-electron chi connectivity index (χ0n) is 14.1. The highest BCUT2D eigenvalue weighted by Crippen LogP contribution is 2.31. The van der Waals surface area contributed by atoms with Crippen molar-refractivity contribution in [3.63, 3.8) is 0 Å². The van der Waals surface area contributed by atoms with Crippen LogP contribution in [0.15, 0.2) is 0 Å². The van der Waals surface area contributed by atoms with Crippen molar-refractivity contribution in [3.05, 3.63) is 0 Å². The van der Waals surface area contributed by atoms with Crippen molar-refractivity contribution in [2.24, 2.45) is 5.92 Å². The molecule has 2 rings (SSSR count). The summed E-state index contributed by atoms with van der Waals surface area (Å²) in [7, 11) is -3.10. The van der Waals surface area contributed by atoms with Gasteiger partial charge in [-0.3, -0.25) is 14.5 Å². The van der Waals surface area contributed by atoms with Gasteiger partial charge < -0.3 is 15.1 Å². The minimum absolute atomic E-state index is 0.0628.